The average molecular weight is 359 g/mol. The molecule has 25 heavy (non-hydrogen) atoms. The number of amides is 2. The Morgan fingerprint density at radius 2 is 1.52 bits per heavy atom. The van der Waals surface area contributed by atoms with E-state index in [-0.39, 0.29) is 11.8 Å². The van der Waals surface area contributed by atoms with Gasteiger partial charge in [-0.05, 0) is 24.5 Å². The number of hydrogen-bond acceptors (Lipinski definition) is 5. The summed E-state index contributed by atoms with van der Waals surface area (Å²) in [5.41, 5.74) is 2.31. The molecule has 0 spiro atoms. The lowest BCUT2D eigenvalue weighted by molar-refractivity contribution is 0.0630. The van der Waals surface area contributed by atoms with Crippen molar-refractivity contribution in [2.45, 2.75) is 58.8 Å². The fourth-order valence-corrected chi connectivity index (χ4v) is 3.92. The van der Waals surface area contributed by atoms with Gasteiger partial charge in [-0.2, -0.15) is 8.75 Å². The van der Waals surface area contributed by atoms with Crippen molar-refractivity contribution in [1.82, 2.24) is 13.6 Å². The number of aromatic nitrogens is 2. The van der Waals surface area contributed by atoms with Crippen LogP contribution >= 0.6 is 11.7 Å². The zero-order chi connectivity index (χ0) is 17.8. The third-order valence-corrected chi connectivity index (χ3v) is 5.45. The Labute approximate surface area is 152 Å². The highest BCUT2D eigenvalue weighted by molar-refractivity contribution is 7.00. The zero-order valence-corrected chi connectivity index (χ0v) is 15.8. The van der Waals surface area contributed by atoms with Crippen LogP contribution in [0, 0.1) is 5.92 Å². The van der Waals surface area contributed by atoms with Gasteiger partial charge in [0.1, 0.15) is 11.0 Å². The van der Waals surface area contributed by atoms with Crippen molar-refractivity contribution >= 4 is 34.6 Å². The number of unbranched alkanes of at least 4 members (excludes halogenated alkanes) is 5. The van der Waals surface area contributed by atoms with E-state index in [2.05, 4.69) is 22.6 Å². The molecule has 0 N–H and O–H groups in total. The summed E-state index contributed by atoms with van der Waals surface area (Å²) in [6.45, 7) is 4.84. The van der Waals surface area contributed by atoms with Crippen LogP contribution < -0.4 is 0 Å². The van der Waals surface area contributed by atoms with Gasteiger partial charge in [-0.3, -0.25) is 14.5 Å². The minimum Gasteiger partial charge on any atom is -0.274 e. The Hall–Kier alpha value is -1.82. The normalized spacial score (nSPS) is 15.2. The lowest BCUT2D eigenvalue weighted by Crippen LogP contribution is -2.33. The number of hydrogen-bond donors (Lipinski definition) is 0. The molecule has 0 radical (unpaired) electrons. The van der Waals surface area contributed by atoms with E-state index in [0.29, 0.717) is 34.6 Å². The van der Waals surface area contributed by atoms with E-state index in [9.17, 15) is 9.59 Å². The van der Waals surface area contributed by atoms with Crippen molar-refractivity contribution in [2.24, 2.45) is 5.92 Å². The number of carbonyl (C=O) groups is 2. The van der Waals surface area contributed by atoms with Crippen molar-refractivity contribution in [2.75, 3.05) is 6.54 Å². The van der Waals surface area contributed by atoms with E-state index >= 15 is 0 Å². The van der Waals surface area contributed by atoms with Crippen LogP contribution in [0.2, 0.25) is 0 Å². The molecule has 1 aliphatic rings. The number of carbonyl (C=O) groups excluding carboxylic acids is 2. The molecule has 134 valence electrons. The first kappa shape index (κ1) is 18.0. The quantitative estimate of drug-likeness (QED) is 0.482. The summed E-state index contributed by atoms with van der Waals surface area (Å²) in [6, 6.07) is 3.40. The molecule has 0 fully saturated rings. The maximum atomic E-state index is 12.6. The Bertz CT molecular complexity index is 721. The van der Waals surface area contributed by atoms with Crippen LogP contribution in [-0.2, 0) is 0 Å². The van der Waals surface area contributed by atoms with Gasteiger partial charge in [0.2, 0.25) is 0 Å². The summed E-state index contributed by atoms with van der Waals surface area (Å²) in [5.74, 6) is -0.0560. The lowest BCUT2D eigenvalue weighted by Gasteiger charge is -2.19. The first-order valence-corrected chi connectivity index (χ1v) is 9.97. The molecule has 0 saturated carbocycles. The van der Waals surface area contributed by atoms with Gasteiger partial charge in [-0.25, -0.2) is 0 Å². The molecule has 1 unspecified atom stereocenters. The Morgan fingerprint density at radius 1 is 0.960 bits per heavy atom. The number of nitrogens with zero attached hydrogens (tertiary/aromatic N) is 3. The molecule has 2 heterocycles. The van der Waals surface area contributed by atoms with Crippen LogP contribution in [0.5, 0.6) is 0 Å². The highest BCUT2D eigenvalue weighted by atomic mass is 32.1. The Balaban J connectivity index is 1.56. The van der Waals surface area contributed by atoms with Crippen molar-refractivity contribution in [3.63, 3.8) is 0 Å². The number of rotatable bonds is 9. The van der Waals surface area contributed by atoms with Gasteiger partial charge in [0.15, 0.2) is 0 Å². The van der Waals surface area contributed by atoms with Crippen LogP contribution in [0.25, 0.3) is 11.0 Å². The first-order valence-electron chi connectivity index (χ1n) is 9.24. The molecule has 2 aromatic rings. The predicted molar refractivity (Wildman–Crippen MR) is 99.9 cm³/mol. The van der Waals surface area contributed by atoms with Crippen molar-refractivity contribution in [1.29, 1.82) is 0 Å². The number of benzene rings is 1. The first-order chi connectivity index (χ1) is 12.1. The van der Waals surface area contributed by atoms with Crippen LogP contribution in [0.1, 0.15) is 79.5 Å². The number of fused-ring (bicyclic) bond motifs is 2. The minimum absolute atomic E-state index is 0.190. The maximum absolute atomic E-state index is 12.6. The zero-order valence-electron chi connectivity index (χ0n) is 15.0. The van der Waals surface area contributed by atoms with Gasteiger partial charge in [0, 0.05) is 6.54 Å². The van der Waals surface area contributed by atoms with Gasteiger partial charge < -0.3 is 0 Å². The summed E-state index contributed by atoms with van der Waals surface area (Å²) < 4.78 is 8.32. The Kier molecular flexibility index (Phi) is 5.78. The third-order valence-electron chi connectivity index (χ3n) is 4.89. The third kappa shape index (κ3) is 3.89. The van der Waals surface area contributed by atoms with Gasteiger partial charge in [-0.1, -0.05) is 52.4 Å². The summed E-state index contributed by atoms with van der Waals surface area (Å²) in [4.78, 5) is 26.6. The molecule has 5 nitrogen and oxygen atoms in total. The molecule has 1 atom stereocenters. The second-order valence-electron chi connectivity index (χ2n) is 7.03. The Morgan fingerprint density at radius 3 is 2.12 bits per heavy atom. The monoisotopic (exact) mass is 359 g/mol. The van der Waals surface area contributed by atoms with Crippen molar-refractivity contribution in [3.05, 3.63) is 23.3 Å². The number of imide groups is 1. The van der Waals surface area contributed by atoms with Gasteiger partial charge in [-0.15, -0.1) is 0 Å². The van der Waals surface area contributed by atoms with E-state index in [1.165, 1.54) is 37.0 Å². The molecular formula is C19H25N3O2S. The summed E-state index contributed by atoms with van der Waals surface area (Å²) in [6.07, 6.45) is 8.62. The maximum Gasteiger partial charge on any atom is 0.261 e. The molecule has 1 aliphatic heterocycles. The molecule has 3 rings (SSSR count). The fourth-order valence-electron chi connectivity index (χ4n) is 3.41. The summed E-state index contributed by atoms with van der Waals surface area (Å²) in [7, 11) is 0. The van der Waals surface area contributed by atoms with E-state index in [1.807, 2.05) is 0 Å². The summed E-state index contributed by atoms with van der Waals surface area (Å²) in [5, 5.41) is 0. The van der Waals surface area contributed by atoms with Gasteiger partial charge >= 0.3 is 0 Å². The minimum atomic E-state index is -0.190. The topological polar surface area (TPSA) is 63.2 Å². The van der Waals surface area contributed by atoms with Crippen molar-refractivity contribution in [3.8, 4) is 0 Å². The van der Waals surface area contributed by atoms with E-state index < -0.39 is 0 Å². The second kappa shape index (κ2) is 8.04. The van der Waals surface area contributed by atoms with Crippen LogP contribution in [0.3, 0.4) is 0 Å². The molecule has 1 aromatic heterocycles. The fraction of sp³-hybridized carbons (Fsp3) is 0.579. The van der Waals surface area contributed by atoms with Crippen molar-refractivity contribution < 1.29 is 9.59 Å². The van der Waals surface area contributed by atoms with E-state index in [0.717, 1.165) is 24.6 Å². The highest BCUT2D eigenvalue weighted by Gasteiger charge is 2.36. The predicted octanol–water partition coefficient (Wildman–Crippen LogP) is 4.67. The van der Waals surface area contributed by atoms with Crippen LogP contribution in [0.15, 0.2) is 12.1 Å². The average Bonchev–Trinajstić information content (AvgIpc) is 3.15. The standard InChI is InChI=1S/C19H25N3O2S/c1-3-4-5-6-7-8-9-13(2)12-22-18(23)14-10-16-17(21-25-20-16)11-15(14)19(22)24/h10-11,13H,3-9,12H2,1-2H3. The van der Waals surface area contributed by atoms with E-state index in [1.54, 1.807) is 12.1 Å². The molecule has 0 saturated heterocycles. The molecule has 0 bridgehead atoms. The van der Waals surface area contributed by atoms with E-state index in [4.69, 9.17) is 0 Å². The summed E-state index contributed by atoms with van der Waals surface area (Å²) >= 11 is 1.10. The van der Waals surface area contributed by atoms with Crippen LogP contribution in [-0.4, -0.2) is 32.0 Å². The SMILES string of the molecule is CCCCCCCCC(C)CN1C(=O)c2cc3nsnc3cc2C1=O. The second-order valence-corrected chi connectivity index (χ2v) is 7.56. The molecular weight excluding hydrogens is 334 g/mol. The molecule has 6 heteroatoms. The molecule has 2 amide bonds. The smallest absolute Gasteiger partial charge is 0.261 e. The lowest BCUT2D eigenvalue weighted by atomic mass is 10.0. The van der Waals surface area contributed by atoms with Gasteiger partial charge in [0.05, 0.1) is 22.9 Å². The highest BCUT2D eigenvalue weighted by Crippen LogP contribution is 2.28. The van der Waals surface area contributed by atoms with Crippen LogP contribution in [0.4, 0.5) is 0 Å². The molecule has 0 aliphatic carbocycles. The molecule has 1 aromatic carbocycles. The largest absolute Gasteiger partial charge is 0.274 e. The van der Waals surface area contributed by atoms with Gasteiger partial charge in [0.25, 0.3) is 11.8 Å².